The smallest absolute Gasteiger partial charge is 0.0430 e. The summed E-state index contributed by atoms with van der Waals surface area (Å²) in [5.74, 6) is 0. The molecule has 1 nitrogen and oxygen atoms in total. The van der Waals surface area contributed by atoms with Crippen molar-refractivity contribution in [3.05, 3.63) is 56.3 Å². The van der Waals surface area contributed by atoms with Crippen molar-refractivity contribution in [2.24, 2.45) is 5.73 Å². The Kier molecular flexibility index (Phi) is 4.43. The summed E-state index contributed by atoms with van der Waals surface area (Å²) in [4.78, 5) is 2.72. The Labute approximate surface area is 120 Å². The molecule has 2 rings (SSSR count). The number of hydrogen-bond donors (Lipinski definition) is 1. The number of benzene rings is 1. The van der Waals surface area contributed by atoms with Crippen LogP contribution in [0.1, 0.15) is 45.0 Å². The van der Waals surface area contributed by atoms with E-state index in [1.807, 2.05) is 11.3 Å². The Morgan fingerprint density at radius 2 is 1.74 bits per heavy atom. The summed E-state index contributed by atoms with van der Waals surface area (Å²) in [6, 6.07) is 9.01. The molecule has 0 spiro atoms. The predicted molar refractivity (Wildman–Crippen MR) is 85.0 cm³/mol. The zero-order chi connectivity index (χ0) is 14.0. The van der Waals surface area contributed by atoms with Gasteiger partial charge in [-0.25, -0.2) is 0 Å². The van der Waals surface area contributed by atoms with E-state index in [0.717, 1.165) is 12.8 Å². The first-order valence-electron chi connectivity index (χ1n) is 6.92. The van der Waals surface area contributed by atoms with Crippen molar-refractivity contribution < 1.29 is 0 Å². The molecular formula is C17H23NS. The van der Waals surface area contributed by atoms with Gasteiger partial charge in [-0.1, -0.05) is 24.6 Å². The molecule has 19 heavy (non-hydrogen) atoms. The van der Waals surface area contributed by atoms with Gasteiger partial charge in [0.05, 0.1) is 0 Å². The predicted octanol–water partition coefficient (Wildman–Crippen LogP) is 4.48. The van der Waals surface area contributed by atoms with Crippen LogP contribution in [0.2, 0.25) is 0 Å². The first kappa shape index (κ1) is 14.3. The molecule has 1 unspecified atom stereocenters. The number of aryl methyl sites for hydroxylation is 4. The van der Waals surface area contributed by atoms with E-state index in [1.54, 1.807) is 0 Å². The first-order valence-corrected chi connectivity index (χ1v) is 7.73. The number of hydrogen-bond acceptors (Lipinski definition) is 2. The van der Waals surface area contributed by atoms with Crippen LogP contribution in [0.4, 0.5) is 0 Å². The SMILES string of the molecule is CCc1ccc(C(N)Cc2c(C)cc(C)cc2C)s1. The van der Waals surface area contributed by atoms with Crippen molar-refractivity contribution in [2.45, 2.75) is 46.6 Å². The molecule has 0 radical (unpaired) electrons. The van der Waals surface area contributed by atoms with Crippen molar-refractivity contribution in [1.82, 2.24) is 0 Å². The molecule has 0 saturated heterocycles. The number of thiophene rings is 1. The molecule has 102 valence electrons. The third kappa shape index (κ3) is 3.26. The summed E-state index contributed by atoms with van der Waals surface area (Å²) in [7, 11) is 0. The zero-order valence-corrected chi connectivity index (χ0v) is 13.1. The molecule has 2 aromatic rings. The van der Waals surface area contributed by atoms with Crippen LogP contribution in [0.3, 0.4) is 0 Å². The lowest BCUT2D eigenvalue weighted by atomic mass is 9.94. The molecule has 0 aliphatic heterocycles. The monoisotopic (exact) mass is 273 g/mol. The van der Waals surface area contributed by atoms with E-state index in [1.165, 1.54) is 32.0 Å². The van der Waals surface area contributed by atoms with E-state index in [4.69, 9.17) is 5.73 Å². The lowest BCUT2D eigenvalue weighted by molar-refractivity contribution is 0.729. The first-order chi connectivity index (χ1) is 9.01. The van der Waals surface area contributed by atoms with Crippen LogP contribution >= 0.6 is 11.3 Å². The Hall–Kier alpha value is -1.12. The second-order valence-electron chi connectivity index (χ2n) is 5.35. The van der Waals surface area contributed by atoms with E-state index in [9.17, 15) is 0 Å². The Morgan fingerprint density at radius 3 is 2.26 bits per heavy atom. The Morgan fingerprint density at radius 1 is 1.11 bits per heavy atom. The summed E-state index contributed by atoms with van der Waals surface area (Å²) in [5.41, 5.74) is 11.8. The normalized spacial score (nSPS) is 12.7. The van der Waals surface area contributed by atoms with Gasteiger partial charge in [-0.05, 0) is 62.4 Å². The maximum Gasteiger partial charge on any atom is 0.0430 e. The molecule has 0 amide bonds. The van der Waals surface area contributed by atoms with Gasteiger partial charge in [0, 0.05) is 15.8 Å². The van der Waals surface area contributed by atoms with Gasteiger partial charge in [0.2, 0.25) is 0 Å². The quantitative estimate of drug-likeness (QED) is 0.873. The molecule has 1 heterocycles. The molecule has 0 aliphatic rings. The summed E-state index contributed by atoms with van der Waals surface area (Å²) < 4.78 is 0. The molecule has 1 atom stereocenters. The topological polar surface area (TPSA) is 26.0 Å². The van der Waals surface area contributed by atoms with Crippen molar-refractivity contribution in [2.75, 3.05) is 0 Å². The second kappa shape index (κ2) is 5.89. The zero-order valence-electron chi connectivity index (χ0n) is 12.3. The number of rotatable bonds is 4. The highest BCUT2D eigenvalue weighted by atomic mass is 32.1. The van der Waals surface area contributed by atoms with Crippen molar-refractivity contribution in [3.63, 3.8) is 0 Å². The van der Waals surface area contributed by atoms with Gasteiger partial charge in [-0.2, -0.15) is 0 Å². The number of nitrogens with two attached hydrogens (primary N) is 1. The van der Waals surface area contributed by atoms with Crippen LogP contribution in [0.25, 0.3) is 0 Å². The van der Waals surface area contributed by atoms with Crippen LogP contribution in [0, 0.1) is 20.8 Å². The molecule has 1 aromatic carbocycles. The fourth-order valence-corrected chi connectivity index (χ4v) is 3.59. The molecule has 0 saturated carbocycles. The van der Waals surface area contributed by atoms with Gasteiger partial charge in [0.25, 0.3) is 0 Å². The van der Waals surface area contributed by atoms with Gasteiger partial charge >= 0.3 is 0 Å². The molecule has 0 aliphatic carbocycles. The van der Waals surface area contributed by atoms with E-state index in [0.29, 0.717) is 0 Å². The Bertz CT molecular complexity index is 545. The van der Waals surface area contributed by atoms with Gasteiger partial charge < -0.3 is 5.73 Å². The fourth-order valence-electron chi connectivity index (χ4n) is 2.64. The summed E-state index contributed by atoms with van der Waals surface area (Å²) in [6.07, 6.45) is 2.03. The van der Waals surface area contributed by atoms with Crippen molar-refractivity contribution >= 4 is 11.3 Å². The Balaban J connectivity index is 2.21. The van der Waals surface area contributed by atoms with E-state index in [-0.39, 0.29) is 6.04 Å². The van der Waals surface area contributed by atoms with Crippen LogP contribution in [-0.2, 0) is 12.8 Å². The fraction of sp³-hybridized carbons (Fsp3) is 0.412. The third-order valence-electron chi connectivity index (χ3n) is 3.66. The minimum Gasteiger partial charge on any atom is -0.323 e. The molecule has 0 bridgehead atoms. The van der Waals surface area contributed by atoms with Crippen molar-refractivity contribution in [1.29, 1.82) is 0 Å². The van der Waals surface area contributed by atoms with Crippen LogP contribution in [0.5, 0.6) is 0 Å². The lowest BCUT2D eigenvalue weighted by Gasteiger charge is -2.15. The second-order valence-corrected chi connectivity index (χ2v) is 6.55. The maximum absolute atomic E-state index is 6.38. The lowest BCUT2D eigenvalue weighted by Crippen LogP contribution is -2.13. The van der Waals surface area contributed by atoms with Crippen molar-refractivity contribution in [3.8, 4) is 0 Å². The van der Waals surface area contributed by atoms with Gasteiger partial charge in [0.1, 0.15) is 0 Å². The van der Waals surface area contributed by atoms with Crippen LogP contribution < -0.4 is 5.73 Å². The molecular weight excluding hydrogens is 250 g/mol. The molecule has 0 fully saturated rings. The summed E-state index contributed by atoms with van der Waals surface area (Å²) in [5, 5.41) is 0. The average Bonchev–Trinajstić information content (AvgIpc) is 2.82. The average molecular weight is 273 g/mol. The highest BCUT2D eigenvalue weighted by Crippen LogP contribution is 2.27. The standard InChI is InChI=1S/C17H23NS/c1-5-14-6-7-17(19-14)16(18)10-15-12(3)8-11(2)9-13(15)4/h6-9,16H,5,10,18H2,1-4H3. The van der Waals surface area contributed by atoms with Crippen LogP contribution in [-0.4, -0.2) is 0 Å². The van der Waals surface area contributed by atoms with E-state index in [2.05, 4.69) is 52.0 Å². The maximum atomic E-state index is 6.38. The van der Waals surface area contributed by atoms with E-state index < -0.39 is 0 Å². The van der Waals surface area contributed by atoms with Gasteiger partial charge in [-0.3, -0.25) is 0 Å². The van der Waals surface area contributed by atoms with E-state index >= 15 is 0 Å². The van der Waals surface area contributed by atoms with Gasteiger partial charge in [0.15, 0.2) is 0 Å². The van der Waals surface area contributed by atoms with Crippen LogP contribution in [0.15, 0.2) is 24.3 Å². The molecule has 1 aromatic heterocycles. The summed E-state index contributed by atoms with van der Waals surface area (Å²) in [6.45, 7) is 8.72. The summed E-state index contributed by atoms with van der Waals surface area (Å²) >= 11 is 1.85. The van der Waals surface area contributed by atoms with Gasteiger partial charge in [-0.15, -0.1) is 11.3 Å². The highest BCUT2D eigenvalue weighted by Gasteiger charge is 2.13. The minimum absolute atomic E-state index is 0.116. The molecule has 2 N–H and O–H groups in total. The largest absolute Gasteiger partial charge is 0.323 e. The minimum atomic E-state index is 0.116. The third-order valence-corrected chi connectivity index (χ3v) is 5.02. The molecule has 2 heteroatoms. The highest BCUT2D eigenvalue weighted by molar-refractivity contribution is 7.12.